The van der Waals surface area contributed by atoms with Gasteiger partial charge in [0.1, 0.15) is 10.3 Å². The highest BCUT2D eigenvalue weighted by molar-refractivity contribution is 7.92. The van der Waals surface area contributed by atoms with E-state index in [-0.39, 0.29) is 10.8 Å². The number of piperidine rings is 1. The first-order valence-electron chi connectivity index (χ1n) is 15.4. The number of methoxy groups -OCH3 is 1. The molecule has 1 saturated carbocycles. The van der Waals surface area contributed by atoms with Crippen LogP contribution in [0.2, 0.25) is 0 Å². The molecule has 1 saturated heterocycles. The number of ether oxygens (including phenoxy) is 1. The van der Waals surface area contributed by atoms with E-state index in [0.29, 0.717) is 39.4 Å². The normalized spacial score (nSPS) is 17.0. The number of carbonyl (C=O) groups excluding carboxylic acids is 1. The number of aromatic nitrogens is 2. The Morgan fingerprint density at radius 1 is 0.955 bits per heavy atom. The summed E-state index contributed by atoms with van der Waals surface area (Å²) < 4.78 is 34.4. The molecule has 1 amide bonds. The summed E-state index contributed by atoms with van der Waals surface area (Å²) in [5.41, 5.74) is 3.18. The Morgan fingerprint density at radius 3 is 2.39 bits per heavy atom. The van der Waals surface area contributed by atoms with E-state index in [1.165, 1.54) is 49.0 Å². The van der Waals surface area contributed by atoms with Crippen molar-refractivity contribution in [3.8, 4) is 5.88 Å². The predicted octanol–water partition coefficient (Wildman–Crippen LogP) is 6.79. The third-order valence-corrected chi connectivity index (χ3v) is 11.0. The van der Waals surface area contributed by atoms with Gasteiger partial charge in [0.2, 0.25) is 11.8 Å². The van der Waals surface area contributed by atoms with Gasteiger partial charge in [-0.2, -0.15) is 0 Å². The van der Waals surface area contributed by atoms with Crippen LogP contribution in [0, 0.1) is 5.92 Å². The number of amides is 1. The van der Waals surface area contributed by atoms with Crippen molar-refractivity contribution in [3.05, 3.63) is 71.8 Å². The van der Waals surface area contributed by atoms with Gasteiger partial charge in [0.05, 0.1) is 17.9 Å². The largest absolute Gasteiger partial charge is 0.481 e. The summed E-state index contributed by atoms with van der Waals surface area (Å²) in [6.07, 6.45) is 9.02. The van der Waals surface area contributed by atoms with E-state index in [1.807, 2.05) is 30.3 Å². The second-order valence-electron chi connectivity index (χ2n) is 11.8. The Labute approximate surface area is 263 Å². The monoisotopic (exact) mass is 633 g/mol. The van der Waals surface area contributed by atoms with E-state index in [0.717, 1.165) is 38.0 Å². The van der Waals surface area contributed by atoms with Crippen molar-refractivity contribution in [1.29, 1.82) is 0 Å². The number of pyridine rings is 1. The maximum atomic E-state index is 13.7. The Kier molecular flexibility index (Phi) is 9.44. The molecular formula is C33H39N5O4S2. The Bertz CT molecular complexity index is 1680. The van der Waals surface area contributed by atoms with Gasteiger partial charge in [-0.3, -0.25) is 14.4 Å². The molecule has 2 aromatic carbocycles. The number of sulfonamides is 1. The summed E-state index contributed by atoms with van der Waals surface area (Å²) in [6, 6.07) is 17.9. The molecule has 2 aliphatic rings. The van der Waals surface area contributed by atoms with Crippen LogP contribution in [0.5, 0.6) is 5.88 Å². The van der Waals surface area contributed by atoms with E-state index in [4.69, 9.17) is 4.74 Å². The third kappa shape index (κ3) is 7.39. The van der Waals surface area contributed by atoms with Crippen LogP contribution in [0.1, 0.15) is 68.4 Å². The average Bonchev–Trinajstić information content (AvgIpc) is 3.70. The molecule has 2 fully saturated rings. The molecule has 232 valence electrons. The fraction of sp³-hybridized carbons (Fsp3) is 0.424. The van der Waals surface area contributed by atoms with E-state index in [1.54, 1.807) is 37.4 Å². The van der Waals surface area contributed by atoms with Gasteiger partial charge in [0.25, 0.3) is 10.0 Å². The van der Waals surface area contributed by atoms with Crippen LogP contribution in [0.3, 0.4) is 0 Å². The summed E-state index contributed by atoms with van der Waals surface area (Å²) in [6.45, 7) is 3.11. The van der Waals surface area contributed by atoms with E-state index in [9.17, 15) is 13.2 Å². The van der Waals surface area contributed by atoms with Crippen LogP contribution >= 0.6 is 11.3 Å². The van der Waals surface area contributed by atoms with E-state index >= 15 is 0 Å². The highest BCUT2D eigenvalue weighted by Crippen LogP contribution is 2.36. The lowest BCUT2D eigenvalue weighted by Crippen LogP contribution is -2.29. The van der Waals surface area contributed by atoms with Crippen molar-refractivity contribution >= 4 is 48.4 Å². The second kappa shape index (κ2) is 13.6. The quantitative estimate of drug-likeness (QED) is 0.187. The smallest absolute Gasteiger partial charge is 0.261 e. The van der Waals surface area contributed by atoms with Crippen LogP contribution in [-0.4, -0.2) is 49.4 Å². The number of hydrogen-bond acceptors (Lipinski definition) is 8. The summed E-state index contributed by atoms with van der Waals surface area (Å²) in [4.78, 5) is 25.9. The lowest BCUT2D eigenvalue weighted by molar-refractivity contribution is -0.118. The summed E-state index contributed by atoms with van der Waals surface area (Å²) >= 11 is 1.30. The standard InChI is InChI=1S/C33H39N5O4S2/c1-42-30-18-17-29-32(35-30)43-33(34-29)36-31(39)28(21-23-7-3-4-8-23)25-11-15-27(16-12-25)44(40,41)37-26-13-9-24(10-14-26)22-38-19-5-2-6-20-38/h9-18,23,28,37H,2-8,19-22H2,1H3,(H,34,36,39). The molecular weight excluding hydrogens is 595 g/mol. The number of nitrogens with zero attached hydrogens (tertiary/aromatic N) is 3. The number of anilines is 2. The number of nitrogens with one attached hydrogen (secondary N) is 2. The first-order valence-corrected chi connectivity index (χ1v) is 17.7. The molecule has 6 rings (SSSR count). The second-order valence-corrected chi connectivity index (χ2v) is 14.5. The number of hydrogen-bond donors (Lipinski definition) is 2. The van der Waals surface area contributed by atoms with Crippen LogP contribution in [0.4, 0.5) is 10.8 Å². The minimum atomic E-state index is -3.79. The van der Waals surface area contributed by atoms with Crippen molar-refractivity contribution in [3.63, 3.8) is 0 Å². The van der Waals surface area contributed by atoms with Crippen LogP contribution in [0.25, 0.3) is 10.3 Å². The number of fused-ring (bicyclic) bond motifs is 1. The lowest BCUT2D eigenvalue weighted by Gasteiger charge is -2.26. The molecule has 3 heterocycles. The molecule has 11 heteroatoms. The lowest BCUT2D eigenvalue weighted by atomic mass is 9.87. The molecule has 0 radical (unpaired) electrons. The topological polar surface area (TPSA) is 114 Å². The van der Waals surface area contributed by atoms with Crippen molar-refractivity contribution in [2.75, 3.05) is 30.2 Å². The van der Waals surface area contributed by atoms with Gasteiger partial charge in [0, 0.05) is 18.3 Å². The predicted molar refractivity (Wildman–Crippen MR) is 175 cm³/mol. The zero-order chi connectivity index (χ0) is 30.5. The highest BCUT2D eigenvalue weighted by atomic mass is 32.2. The van der Waals surface area contributed by atoms with Crippen LogP contribution in [0.15, 0.2) is 65.6 Å². The first kappa shape index (κ1) is 30.5. The maximum Gasteiger partial charge on any atom is 0.261 e. The fourth-order valence-electron chi connectivity index (χ4n) is 6.28. The van der Waals surface area contributed by atoms with Crippen molar-refractivity contribution in [2.45, 2.75) is 68.7 Å². The fourth-order valence-corrected chi connectivity index (χ4v) is 8.17. The maximum absolute atomic E-state index is 13.7. The SMILES string of the molecule is COc1ccc2nc(NC(=O)C(CC3CCCC3)c3ccc(S(=O)(=O)Nc4ccc(CN5CCCCC5)cc4)cc3)sc2n1. The van der Waals surface area contributed by atoms with Crippen LogP contribution in [-0.2, 0) is 21.4 Å². The summed E-state index contributed by atoms with van der Waals surface area (Å²) in [7, 11) is -2.23. The number of rotatable bonds is 11. The average molecular weight is 634 g/mol. The molecule has 0 spiro atoms. The minimum Gasteiger partial charge on any atom is -0.481 e. The molecule has 1 aliphatic carbocycles. The highest BCUT2D eigenvalue weighted by Gasteiger charge is 2.28. The molecule has 2 N–H and O–H groups in total. The van der Waals surface area contributed by atoms with E-state index in [2.05, 4.69) is 24.9 Å². The molecule has 4 aromatic rings. The third-order valence-electron chi connectivity index (χ3n) is 8.68. The van der Waals surface area contributed by atoms with Gasteiger partial charge in [-0.05, 0) is 79.7 Å². The molecule has 1 aliphatic heterocycles. The van der Waals surface area contributed by atoms with Crippen molar-refractivity contribution in [2.24, 2.45) is 5.92 Å². The van der Waals surface area contributed by atoms with Gasteiger partial charge < -0.3 is 10.1 Å². The summed E-state index contributed by atoms with van der Waals surface area (Å²) in [5.74, 6) is 0.369. The van der Waals surface area contributed by atoms with Gasteiger partial charge in [-0.15, -0.1) is 0 Å². The van der Waals surface area contributed by atoms with Gasteiger partial charge >= 0.3 is 0 Å². The molecule has 1 atom stereocenters. The Hall–Kier alpha value is -3.54. The van der Waals surface area contributed by atoms with Crippen LogP contribution < -0.4 is 14.8 Å². The van der Waals surface area contributed by atoms with E-state index < -0.39 is 15.9 Å². The van der Waals surface area contributed by atoms with Crippen molar-refractivity contribution < 1.29 is 17.9 Å². The Balaban J connectivity index is 1.15. The minimum absolute atomic E-state index is 0.152. The zero-order valence-electron chi connectivity index (χ0n) is 25.0. The first-order chi connectivity index (χ1) is 21.4. The molecule has 44 heavy (non-hydrogen) atoms. The number of benzene rings is 2. The number of thiazole rings is 1. The molecule has 1 unspecified atom stereocenters. The van der Waals surface area contributed by atoms with Gasteiger partial charge in [-0.25, -0.2) is 18.4 Å². The van der Waals surface area contributed by atoms with Gasteiger partial charge in [0.15, 0.2) is 5.13 Å². The van der Waals surface area contributed by atoms with Gasteiger partial charge in [-0.1, -0.05) is 67.7 Å². The van der Waals surface area contributed by atoms with Crippen molar-refractivity contribution in [1.82, 2.24) is 14.9 Å². The molecule has 9 nitrogen and oxygen atoms in total. The molecule has 0 bridgehead atoms. The Morgan fingerprint density at radius 2 is 1.68 bits per heavy atom. The molecule has 2 aromatic heterocycles. The zero-order valence-corrected chi connectivity index (χ0v) is 26.6. The summed E-state index contributed by atoms with van der Waals surface area (Å²) in [5, 5.41) is 3.48. The number of likely N-dealkylation sites (tertiary alicyclic amines) is 1. The number of carbonyl (C=O) groups is 1.